The van der Waals surface area contributed by atoms with E-state index in [2.05, 4.69) is 60.6 Å². The van der Waals surface area contributed by atoms with Crippen molar-refractivity contribution in [3.8, 4) is 5.75 Å². The van der Waals surface area contributed by atoms with Crippen LogP contribution in [0.3, 0.4) is 0 Å². The van der Waals surface area contributed by atoms with Crippen molar-refractivity contribution in [2.24, 2.45) is 0 Å². The van der Waals surface area contributed by atoms with Crippen molar-refractivity contribution in [1.82, 2.24) is 0 Å². The predicted octanol–water partition coefficient (Wildman–Crippen LogP) is 7.00. The topological polar surface area (TPSA) is 26.3 Å². The maximum absolute atomic E-state index is 10.5. The van der Waals surface area contributed by atoms with E-state index in [4.69, 9.17) is 4.74 Å². The summed E-state index contributed by atoms with van der Waals surface area (Å²) in [5.74, 6) is 1.04. The average Bonchev–Trinajstić information content (AvgIpc) is 2.54. The third-order valence-electron chi connectivity index (χ3n) is 4.57. The third-order valence-corrected chi connectivity index (χ3v) is 6.07. The number of ether oxygens (including phenoxy) is 1. The molecule has 0 atom stereocenters. The average molecular weight is 381 g/mol. The van der Waals surface area contributed by atoms with Gasteiger partial charge in [0, 0.05) is 11.1 Å². The minimum absolute atomic E-state index is 0.00987. The lowest BCUT2D eigenvalue weighted by Crippen LogP contribution is -2.22. The number of hydrogen-bond acceptors (Lipinski definition) is 4. The van der Waals surface area contributed by atoms with Gasteiger partial charge in [-0.1, -0.05) is 52.3 Å². The van der Waals surface area contributed by atoms with Gasteiger partial charge in [0.2, 0.25) is 0 Å². The number of hydrogen-bond donors (Lipinski definition) is 0. The first-order valence-corrected chi connectivity index (χ1v) is 11.1. The van der Waals surface area contributed by atoms with Crippen molar-refractivity contribution in [3.63, 3.8) is 0 Å². The first-order chi connectivity index (χ1) is 11.6. The van der Waals surface area contributed by atoms with Crippen LogP contribution in [-0.4, -0.2) is 12.2 Å². The van der Waals surface area contributed by atoms with Crippen molar-refractivity contribution in [2.45, 2.75) is 72.6 Å². The lowest BCUT2D eigenvalue weighted by Gasteiger charge is -2.32. The summed E-state index contributed by atoms with van der Waals surface area (Å²) >= 11 is 0. The third kappa shape index (κ3) is 5.82. The molecule has 0 bridgehead atoms. The Balaban J connectivity index is 3.64. The Morgan fingerprint density at radius 3 is 2.16 bits per heavy atom. The number of allylic oxidation sites excluding steroid dienone is 1. The van der Waals surface area contributed by atoms with Gasteiger partial charge in [0.05, 0.1) is 6.61 Å². The zero-order valence-corrected chi connectivity index (χ0v) is 18.5. The zero-order chi connectivity index (χ0) is 19.3. The van der Waals surface area contributed by atoms with Crippen molar-refractivity contribution >= 4 is 32.8 Å². The highest BCUT2D eigenvalue weighted by atomic mass is 33.1. The van der Waals surface area contributed by atoms with Crippen LogP contribution in [0.2, 0.25) is 0 Å². The summed E-state index contributed by atoms with van der Waals surface area (Å²) in [4.78, 5) is 10.5. The fourth-order valence-corrected chi connectivity index (χ4v) is 3.71. The van der Waals surface area contributed by atoms with Gasteiger partial charge in [0.15, 0.2) is 5.62 Å². The Morgan fingerprint density at radius 2 is 1.68 bits per heavy atom. The molecule has 0 radical (unpaired) electrons. The van der Waals surface area contributed by atoms with E-state index in [9.17, 15) is 4.79 Å². The van der Waals surface area contributed by atoms with Crippen LogP contribution in [0, 0.1) is 0 Å². The van der Waals surface area contributed by atoms with Crippen LogP contribution in [0.1, 0.15) is 78.5 Å². The number of benzene rings is 1. The number of rotatable bonds is 8. The fourth-order valence-electron chi connectivity index (χ4n) is 2.60. The van der Waals surface area contributed by atoms with Gasteiger partial charge in [-0.05, 0) is 70.6 Å². The lowest BCUT2D eigenvalue weighted by atomic mass is 9.75. The molecule has 0 fully saturated rings. The summed E-state index contributed by atoms with van der Waals surface area (Å²) in [7, 11) is 2.66. The van der Waals surface area contributed by atoms with E-state index < -0.39 is 0 Å². The molecule has 0 unspecified atom stereocenters. The normalized spacial score (nSPS) is 13.0. The van der Waals surface area contributed by atoms with E-state index in [-0.39, 0.29) is 10.8 Å². The van der Waals surface area contributed by atoms with Crippen LogP contribution >= 0.6 is 21.6 Å². The van der Waals surface area contributed by atoms with Crippen LogP contribution in [0.15, 0.2) is 17.5 Å². The maximum Gasteiger partial charge on any atom is 0.187 e. The molecule has 0 heterocycles. The van der Waals surface area contributed by atoms with Crippen molar-refractivity contribution in [3.05, 3.63) is 34.2 Å². The Morgan fingerprint density at radius 1 is 1.08 bits per heavy atom. The summed E-state index contributed by atoms with van der Waals surface area (Å²) in [6.45, 7) is 18.3. The van der Waals surface area contributed by atoms with Crippen LogP contribution in [-0.2, 0) is 15.6 Å². The quantitative estimate of drug-likeness (QED) is 0.275. The molecule has 25 heavy (non-hydrogen) atoms. The number of carbonyl (C=O) groups excluding carboxylic acids is 1. The van der Waals surface area contributed by atoms with Gasteiger partial charge in [-0.15, -0.1) is 0 Å². The smallest absolute Gasteiger partial charge is 0.187 e. The Kier molecular flexibility index (Phi) is 8.14. The van der Waals surface area contributed by atoms with Crippen molar-refractivity contribution < 1.29 is 9.53 Å². The molecule has 140 valence electrons. The minimum atomic E-state index is -0.00987. The SMILES string of the molecule is CCOc1c(C(C)(C)C)cc(/C(C)=C/SSC=O)cc1C(C)(C)CC. The molecule has 1 aromatic rings. The van der Waals surface area contributed by atoms with Crippen LogP contribution < -0.4 is 4.74 Å². The number of carbonyl (C=O) groups is 1. The molecule has 0 aromatic heterocycles. The van der Waals surface area contributed by atoms with Gasteiger partial charge < -0.3 is 4.74 Å². The standard InChI is InChI=1S/C21H32O2S2/c1-9-21(7,8)18-12-16(15(3)13-24-25-14-22)11-17(20(4,5)6)19(18)23-10-2/h11-14H,9-10H2,1-8H3/b15-13+. The van der Waals surface area contributed by atoms with Gasteiger partial charge in [0.25, 0.3) is 0 Å². The summed E-state index contributed by atoms with van der Waals surface area (Å²) < 4.78 is 6.14. The van der Waals surface area contributed by atoms with Gasteiger partial charge in [-0.3, -0.25) is 4.79 Å². The monoisotopic (exact) mass is 380 g/mol. The van der Waals surface area contributed by atoms with E-state index in [0.29, 0.717) is 6.61 Å². The second kappa shape index (κ2) is 9.18. The van der Waals surface area contributed by atoms with Crippen LogP contribution in [0.4, 0.5) is 0 Å². The molecular formula is C21H32O2S2. The molecular weight excluding hydrogens is 348 g/mol. The Hall–Kier alpha value is -0.870. The minimum Gasteiger partial charge on any atom is -0.493 e. The predicted molar refractivity (Wildman–Crippen MR) is 115 cm³/mol. The summed E-state index contributed by atoms with van der Waals surface area (Å²) in [6, 6.07) is 4.51. The lowest BCUT2D eigenvalue weighted by molar-refractivity contribution is 0.316. The van der Waals surface area contributed by atoms with Gasteiger partial charge in [-0.25, -0.2) is 0 Å². The summed E-state index contributed by atoms with van der Waals surface area (Å²) in [6.07, 6.45) is 1.04. The molecule has 1 rings (SSSR count). The van der Waals surface area contributed by atoms with E-state index in [1.807, 2.05) is 12.3 Å². The highest BCUT2D eigenvalue weighted by Gasteiger charge is 2.29. The van der Waals surface area contributed by atoms with E-state index in [0.717, 1.165) is 17.8 Å². The first-order valence-electron chi connectivity index (χ1n) is 8.83. The molecule has 0 N–H and O–H groups in total. The second-order valence-electron chi connectivity index (χ2n) is 7.91. The highest BCUT2D eigenvalue weighted by Crippen LogP contribution is 2.43. The molecule has 0 saturated heterocycles. The molecule has 0 spiro atoms. The molecule has 0 aliphatic rings. The van der Waals surface area contributed by atoms with Crippen molar-refractivity contribution in [1.29, 1.82) is 0 Å². The molecule has 2 nitrogen and oxygen atoms in total. The molecule has 0 aliphatic carbocycles. The first kappa shape index (κ1) is 22.2. The van der Waals surface area contributed by atoms with Crippen LogP contribution in [0.5, 0.6) is 5.75 Å². The van der Waals surface area contributed by atoms with Crippen LogP contribution in [0.25, 0.3) is 5.57 Å². The summed E-state index contributed by atoms with van der Waals surface area (Å²) in [5, 5.41) is 2.05. The molecule has 0 aliphatic heterocycles. The molecule has 1 aromatic carbocycles. The Labute approximate surface area is 161 Å². The highest BCUT2D eigenvalue weighted by molar-refractivity contribution is 8.82. The van der Waals surface area contributed by atoms with E-state index in [1.54, 1.807) is 0 Å². The maximum atomic E-state index is 10.5. The second-order valence-corrected chi connectivity index (χ2v) is 9.88. The van der Waals surface area contributed by atoms with E-state index >= 15 is 0 Å². The van der Waals surface area contributed by atoms with Gasteiger partial charge in [0.1, 0.15) is 5.75 Å². The zero-order valence-electron chi connectivity index (χ0n) is 16.9. The van der Waals surface area contributed by atoms with Gasteiger partial charge >= 0.3 is 0 Å². The largest absolute Gasteiger partial charge is 0.493 e. The molecule has 0 amide bonds. The summed E-state index contributed by atoms with van der Waals surface area (Å²) in [5.41, 5.74) is 5.75. The molecule has 0 saturated carbocycles. The van der Waals surface area contributed by atoms with Crippen molar-refractivity contribution in [2.75, 3.05) is 6.61 Å². The molecule has 4 heteroatoms. The fraction of sp³-hybridized carbons (Fsp3) is 0.571. The van der Waals surface area contributed by atoms with Gasteiger partial charge in [-0.2, -0.15) is 0 Å². The Bertz CT molecular complexity index is 626. The van der Waals surface area contributed by atoms with E-state index in [1.165, 1.54) is 43.9 Å².